The van der Waals surface area contributed by atoms with Crippen LogP contribution in [0.3, 0.4) is 0 Å². The fraction of sp³-hybridized carbons (Fsp3) is 0.500. The number of hydrogen-bond acceptors (Lipinski definition) is 1. The lowest BCUT2D eigenvalue weighted by molar-refractivity contribution is 0.165. The van der Waals surface area contributed by atoms with Crippen LogP contribution in [0.25, 0.3) is 0 Å². The van der Waals surface area contributed by atoms with E-state index in [1.165, 1.54) is 0 Å². The van der Waals surface area contributed by atoms with E-state index in [1.54, 1.807) is 0 Å². The van der Waals surface area contributed by atoms with E-state index >= 15 is 0 Å². The molecular formula is C12H14ClF3O. The Balaban J connectivity index is 2.75. The van der Waals surface area contributed by atoms with E-state index in [0.717, 1.165) is 18.6 Å². The van der Waals surface area contributed by atoms with Gasteiger partial charge < -0.3 is 5.11 Å². The highest BCUT2D eigenvalue weighted by Gasteiger charge is 2.18. The molecule has 0 heterocycles. The molecule has 96 valence electrons. The van der Waals surface area contributed by atoms with Crippen molar-refractivity contribution in [3.05, 3.63) is 35.1 Å². The number of aliphatic hydroxyl groups excluding tert-OH is 1. The first-order valence-electron chi connectivity index (χ1n) is 5.41. The second kappa shape index (κ2) is 6.26. The fourth-order valence-electron chi connectivity index (χ4n) is 1.56. The van der Waals surface area contributed by atoms with Gasteiger partial charge in [0.05, 0.1) is 11.5 Å². The Morgan fingerprint density at radius 3 is 2.24 bits per heavy atom. The standard InChI is InChI=1S/C12H14ClF3O/c1-2-3-8(13)11(17)6-7-4-9(14)12(16)10(15)5-7/h4-5,8,11,17H,2-3,6H2,1H3/t8-,11+/m1/s1. The summed E-state index contributed by atoms with van der Waals surface area (Å²) in [7, 11) is 0. The molecule has 0 amide bonds. The molecule has 1 rings (SSSR count). The summed E-state index contributed by atoms with van der Waals surface area (Å²) in [6, 6.07) is 1.74. The summed E-state index contributed by atoms with van der Waals surface area (Å²) < 4.78 is 38.5. The molecule has 2 atom stereocenters. The first kappa shape index (κ1) is 14.3. The third-order valence-electron chi connectivity index (χ3n) is 2.47. The molecule has 1 nitrogen and oxygen atoms in total. The monoisotopic (exact) mass is 266 g/mol. The average Bonchev–Trinajstić information content (AvgIpc) is 2.26. The van der Waals surface area contributed by atoms with Crippen LogP contribution in [0, 0.1) is 17.5 Å². The van der Waals surface area contributed by atoms with Crippen molar-refractivity contribution >= 4 is 11.6 Å². The molecule has 0 radical (unpaired) electrons. The van der Waals surface area contributed by atoms with Gasteiger partial charge >= 0.3 is 0 Å². The number of hydrogen-bond donors (Lipinski definition) is 1. The molecule has 1 aromatic carbocycles. The van der Waals surface area contributed by atoms with Gasteiger partial charge in [-0.15, -0.1) is 11.6 Å². The minimum atomic E-state index is -1.50. The van der Waals surface area contributed by atoms with Gasteiger partial charge in [-0.2, -0.15) is 0 Å². The largest absolute Gasteiger partial charge is 0.391 e. The van der Waals surface area contributed by atoms with Crippen molar-refractivity contribution in [3.63, 3.8) is 0 Å². The number of benzene rings is 1. The van der Waals surface area contributed by atoms with Crippen LogP contribution >= 0.6 is 11.6 Å². The van der Waals surface area contributed by atoms with Crippen molar-refractivity contribution < 1.29 is 18.3 Å². The van der Waals surface area contributed by atoms with Crippen molar-refractivity contribution in [2.45, 2.75) is 37.7 Å². The van der Waals surface area contributed by atoms with Gasteiger partial charge in [0.25, 0.3) is 0 Å². The van der Waals surface area contributed by atoms with Crippen LogP contribution in [0.1, 0.15) is 25.3 Å². The van der Waals surface area contributed by atoms with Crippen LogP contribution in [0.5, 0.6) is 0 Å². The first-order chi connectivity index (χ1) is 7.95. The Morgan fingerprint density at radius 1 is 1.24 bits per heavy atom. The Hall–Kier alpha value is -0.740. The van der Waals surface area contributed by atoms with Crippen LogP contribution in [0.15, 0.2) is 12.1 Å². The molecular weight excluding hydrogens is 253 g/mol. The maximum Gasteiger partial charge on any atom is 0.194 e. The van der Waals surface area contributed by atoms with Gasteiger partial charge in [-0.3, -0.25) is 0 Å². The SMILES string of the molecule is CCC[C@@H](Cl)[C@@H](O)Cc1cc(F)c(F)c(F)c1. The van der Waals surface area contributed by atoms with Crippen LogP contribution < -0.4 is 0 Å². The number of rotatable bonds is 5. The van der Waals surface area contributed by atoms with Gasteiger partial charge in [0.15, 0.2) is 17.5 Å². The summed E-state index contributed by atoms with van der Waals surface area (Å²) in [4.78, 5) is 0. The Kier molecular flexibility index (Phi) is 5.28. The summed E-state index contributed by atoms with van der Waals surface area (Å²) in [5.41, 5.74) is 0.190. The molecule has 0 aliphatic rings. The highest BCUT2D eigenvalue weighted by molar-refractivity contribution is 6.21. The van der Waals surface area contributed by atoms with Crippen LogP contribution in [0.4, 0.5) is 13.2 Å². The molecule has 0 aromatic heterocycles. The molecule has 0 bridgehead atoms. The zero-order valence-electron chi connectivity index (χ0n) is 9.39. The van der Waals surface area contributed by atoms with E-state index < -0.39 is 28.9 Å². The van der Waals surface area contributed by atoms with Gasteiger partial charge in [0, 0.05) is 6.42 Å². The lowest BCUT2D eigenvalue weighted by Crippen LogP contribution is -2.23. The molecule has 0 aliphatic heterocycles. The van der Waals surface area contributed by atoms with E-state index in [1.807, 2.05) is 6.92 Å². The number of aliphatic hydroxyl groups is 1. The van der Waals surface area contributed by atoms with E-state index in [9.17, 15) is 18.3 Å². The molecule has 1 aromatic rings. The Bertz CT molecular complexity index is 361. The highest BCUT2D eigenvalue weighted by Crippen LogP contribution is 2.18. The molecule has 0 aliphatic carbocycles. The van der Waals surface area contributed by atoms with E-state index in [-0.39, 0.29) is 12.0 Å². The minimum Gasteiger partial charge on any atom is -0.391 e. The van der Waals surface area contributed by atoms with Crippen molar-refractivity contribution in [2.24, 2.45) is 0 Å². The highest BCUT2D eigenvalue weighted by atomic mass is 35.5. The first-order valence-corrected chi connectivity index (χ1v) is 5.84. The zero-order valence-corrected chi connectivity index (χ0v) is 10.1. The summed E-state index contributed by atoms with van der Waals surface area (Å²) in [6.07, 6.45) is 0.509. The second-order valence-corrected chi connectivity index (χ2v) is 4.51. The van der Waals surface area contributed by atoms with Gasteiger partial charge in [0.2, 0.25) is 0 Å². The minimum absolute atomic E-state index is 0.00227. The van der Waals surface area contributed by atoms with Crippen LogP contribution in [-0.2, 0) is 6.42 Å². The second-order valence-electron chi connectivity index (χ2n) is 3.95. The van der Waals surface area contributed by atoms with Crippen LogP contribution in [0.2, 0.25) is 0 Å². The molecule has 0 unspecified atom stereocenters. The molecule has 0 saturated heterocycles. The Morgan fingerprint density at radius 2 is 1.76 bits per heavy atom. The van der Waals surface area contributed by atoms with Gasteiger partial charge in [-0.25, -0.2) is 13.2 Å². The third kappa shape index (κ3) is 3.89. The van der Waals surface area contributed by atoms with Gasteiger partial charge in [-0.05, 0) is 24.1 Å². The predicted octanol–water partition coefficient (Wildman–Crippen LogP) is 3.41. The molecule has 1 N–H and O–H groups in total. The molecule has 17 heavy (non-hydrogen) atoms. The topological polar surface area (TPSA) is 20.2 Å². The zero-order chi connectivity index (χ0) is 13.0. The lowest BCUT2D eigenvalue weighted by atomic mass is 10.0. The van der Waals surface area contributed by atoms with Crippen molar-refractivity contribution in [2.75, 3.05) is 0 Å². The van der Waals surface area contributed by atoms with E-state index in [2.05, 4.69) is 0 Å². The quantitative estimate of drug-likeness (QED) is 0.640. The molecule has 0 saturated carbocycles. The lowest BCUT2D eigenvalue weighted by Gasteiger charge is -2.16. The van der Waals surface area contributed by atoms with Gasteiger partial charge in [-0.1, -0.05) is 13.3 Å². The summed E-state index contributed by atoms with van der Waals surface area (Å²) in [5.74, 6) is -4.01. The van der Waals surface area contributed by atoms with Gasteiger partial charge in [0.1, 0.15) is 0 Å². The van der Waals surface area contributed by atoms with E-state index in [4.69, 9.17) is 11.6 Å². The predicted molar refractivity (Wildman–Crippen MR) is 60.6 cm³/mol. The third-order valence-corrected chi connectivity index (χ3v) is 2.98. The number of alkyl halides is 1. The van der Waals surface area contributed by atoms with E-state index in [0.29, 0.717) is 6.42 Å². The summed E-state index contributed by atoms with van der Waals surface area (Å²) >= 11 is 5.88. The fourth-order valence-corrected chi connectivity index (χ4v) is 1.87. The van der Waals surface area contributed by atoms with Crippen molar-refractivity contribution in [3.8, 4) is 0 Å². The molecule has 0 fully saturated rings. The van der Waals surface area contributed by atoms with Crippen LogP contribution in [-0.4, -0.2) is 16.6 Å². The average molecular weight is 267 g/mol. The maximum atomic E-state index is 12.9. The summed E-state index contributed by atoms with van der Waals surface area (Å²) in [5, 5.41) is 9.21. The normalized spacial score (nSPS) is 14.7. The number of halogens is 4. The van der Waals surface area contributed by atoms with Crippen molar-refractivity contribution in [1.29, 1.82) is 0 Å². The molecule has 0 spiro atoms. The Labute approximate surface area is 103 Å². The summed E-state index contributed by atoms with van der Waals surface area (Å²) in [6.45, 7) is 1.92. The smallest absolute Gasteiger partial charge is 0.194 e. The molecule has 5 heteroatoms. The maximum absolute atomic E-state index is 12.9. The van der Waals surface area contributed by atoms with Crippen molar-refractivity contribution in [1.82, 2.24) is 0 Å².